The third-order valence-electron chi connectivity index (χ3n) is 5.21. The Balaban J connectivity index is 1.64. The first-order valence-corrected chi connectivity index (χ1v) is 9.92. The highest BCUT2D eigenvalue weighted by atomic mass is 16.4. The number of anilines is 1. The molecule has 0 bridgehead atoms. The molecule has 2 atom stereocenters. The number of benzene rings is 2. The third-order valence-corrected chi connectivity index (χ3v) is 5.21. The number of nitrogens with one attached hydrogen (secondary N) is 2. The number of carboxylic acids is 1. The van der Waals surface area contributed by atoms with Crippen LogP contribution >= 0.6 is 0 Å². The molecule has 2 aromatic rings. The van der Waals surface area contributed by atoms with Crippen molar-refractivity contribution in [3.63, 3.8) is 0 Å². The average Bonchev–Trinajstić information content (AvgIpc) is 2.79. The van der Waals surface area contributed by atoms with Gasteiger partial charge in [-0.3, -0.25) is 14.4 Å². The van der Waals surface area contributed by atoms with Crippen molar-refractivity contribution < 1.29 is 29.7 Å². The minimum absolute atomic E-state index is 0.114. The number of phenols is 2. The van der Waals surface area contributed by atoms with Crippen LogP contribution in [0.4, 0.5) is 5.69 Å². The van der Waals surface area contributed by atoms with Gasteiger partial charge in [-0.25, -0.2) is 5.43 Å². The fraction of sp³-hybridized carbons (Fsp3) is 0.217. The molecule has 0 radical (unpaired) electrons. The van der Waals surface area contributed by atoms with Gasteiger partial charge in [0.15, 0.2) is 0 Å². The van der Waals surface area contributed by atoms with Gasteiger partial charge in [-0.15, -0.1) is 0 Å². The van der Waals surface area contributed by atoms with E-state index in [9.17, 15) is 29.7 Å². The lowest BCUT2D eigenvalue weighted by Gasteiger charge is -2.24. The summed E-state index contributed by atoms with van der Waals surface area (Å²) in [6.45, 7) is 1.67. The Morgan fingerprint density at radius 3 is 2.28 bits per heavy atom. The van der Waals surface area contributed by atoms with Gasteiger partial charge in [0, 0.05) is 5.69 Å². The molecule has 9 heteroatoms. The van der Waals surface area contributed by atoms with Crippen LogP contribution in [0.25, 0.3) is 0 Å². The van der Waals surface area contributed by atoms with Crippen molar-refractivity contribution >= 4 is 29.2 Å². The standard InChI is InChI=1S/C23H23N3O6/c1-13(25-26-22(30)19-12-16(27)10-11-20(19)28)14-6-8-15(9-7-14)24-21(29)17-4-2-3-5-18(17)23(31)32/h2-3,6-12,17-18,27-28H,4-5H2,1H3,(H,24,29)(H,26,30)(H,31,32)/b25-13-/t17-,18-/m0/s1. The number of hydrogen-bond donors (Lipinski definition) is 5. The molecule has 166 valence electrons. The lowest BCUT2D eigenvalue weighted by Crippen LogP contribution is -2.34. The molecule has 0 fully saturated rings. The van der Waals surface area contributed by atoms with Crippen LogP contribution in [-0.4, -0.2) is 38.8 Å². The van der Waals surface area contributed by atoms with Crippen LogP contribution in [0.1, 0.15) is 35.7 Å². The van der Waals surface area contributed by atoms with E-state index in [1.54, 1.807) is 37.3 Å². The molecule has 3 rings (SSSR count). The number of allylic oxidation sites excluding steroid dienone is 2. The van der Waals surface area contributed by atoms with Crippen LogP contribution in [0, 0.1) is 11.8 Å². The number of carboxylic acid groups (broad SMARTS) is 1. The number of hydrogen-bond acceptors (Lipinski definition) is 6. The maximum absolute atomic E-state index is 12.5. The van der Waals surface area contributed by atoms with E-state index < -0.39 is 23.7 Å². The minimum Gasteiger partial charge on any atom is -0.508 e. The molecule has 0 unspecified atom stereocenters. The number of carbonyl (C=O) groups is 3. The SMILES string of the molecule is C/C(=N/NC(=O)c1cc(O)ccc1O)c1ccc(NC(=O)[C@H]2CC=CC[C@@H]2C(=O)O)cc1. The van der Waals surface area contributed by atoms with Crippen molar-refractivity contribution in [1.29, 1.82) is 0 Å². The molecule has 1 aliphatic rings. The quantitative estimate of drug-likeness (QED) is 0.203. The van der Waals surface area contributed by atoms with E-state index in [0.29, 0.717) is 29.8 Å². The van der Waals surface area contributed by atoms with E-state index >= 15 is 0 Å². The highest BCUT2D eigenvalue weighted by Gasteiger charge is 2.33. The van der Waals surface area contributed by atoms with E-state index in [2.05, 4.69) is 15.8 Å². The highest BCUT2D eigenvalue weighted by Crippen LogP contribution is 2.27. The Morgan fingerprint density at radius 2 is 1.62 bits per heavy atom. The van der Waals surface area contributed by atoms with Gasteiger partial charge in [0.1, 0.15) is 11.5 Å². The van der Waals surface area contributed by atoms with Crippen LogP contribution in [0.5, 0.6) is 11.5 Å². The monoisotopic (exact) mass is 437 g/mol. The summed E-state index contributed by atoms with van der Waals surface area (Å²) in [5, 5.41) is 35.3. The Kier molecular flexibility index (Phi) is 6.89. The summed E-state index contributed by atoms with van der Waals surface area (Å²) in [6.07, 6.45) is 4.30. The third kappa shape index (κ3) is 5.31. The summed E-state index contributed by atoms with van der Waals surface area (Å²) in [4.78, 5) is 36.1. The van der Waals surface area contributed by atoms with Crippen LogP contribution in [-0.2, 0) is 9.59 Å². The summed E-state index contributed by atoms with van der Waals surface area (Å²) >= 11 is 0. The zero-order valence-corrected chi connectivity index (χ0v) is 17.3. The fourth-order valence-electron chi connectivity index (χ4n) is 3.37. The van der Waals surface area contributed by atoms with Crippen LogP contribution in [0.3, 0.4) is 0 Å². The van der Waals surface area contributed by atoms with E-state index in [0.717, 1.165) is 6.07 Å². The number of aromatic hydroxyl groups is 2. The molecule has 2 aromatic carbocycles. The number of hydrazone groups is 1. The highest BCUT2D eigenvalue weighted by molar-refractivity contribution is 6.02. The normalized spacial score (nSPS) is 18.1. The van der Waals surface area contributed by atoms with Crippen molar-refractivity contribution in [3.05, 3.63) is 65.7 Å². The van der Waals surface area contributed by atoms with Crippen molar-refractivity contribution in [3.8, 4) is 11.5 Å². The predicted octanol–water partition coefficient (Wildman–Crippen LogP) is 2.86. The first kappa shape index (κ1) is 22.5. The molecule has 0 aliphatic heterocycles. The van der Waals surface area contributed by atoms with E-state index in [-0.39, 0.29) is 23.0 Å². The molecule has 9 nitrogen and oxygen atoms in total. The summed E-state index contributed by atoms with van der Waals surface area (Å²) in [5.41, 5.74) is 3.86. The first-order valence-electron chi connectivity index (χ1n) is 9.92. The minimum atomic E-state index is -0.988. The Hall–Kier alpha value is -4.14. The van der Waals surface area contributed by atoms with Gasteiger partial charge in [0.25, 0.3) is 5.91 Å². The molecule has 0 heterocycles. The molecule has 0 saturated heterocycles. The molecular formula is C23H23N3O6. The number of aliphatic carboxylic acids is 1. The smallest absolute Gasteiger partial charge is 0.307 e. The number of rotatable bonds is 6. The van der Waals surface area contributed by atoms with Crippen LogP contribution in [0.15, 0.2) is 59.7 Å². The Morgan fingerprint density at radius 1 is 0.969 bits per heavy atom. The molecule has 0 spiro atoms. The Labute approximate surface area is 184 Å². The van der Waals surface area contributed by atoms with Gasteiger partial charge in [-0.1, -0.05) is 24.3 Å². The van der Waals surface area contributed by atoms with Crippen molar-refractivity contribution in [1.82, 2.24) is 5.43 Å². The molecular weight excluding hydrogens is 414 g/mol. The maximum Gasteiger partial charge on any atom is 0.307 e. The largest absolute Gasteiger partial charge is 0.508 e. The topological polar surface area (TPSA) is 148 Å². The van der Waals surface area contributed by atoms with Gasteiger partial charge in [0.05, 0.1) is 23.1 Å². The summed E-state index contributed by atoms with van der Waals surface area (Å²) in [7, 11) is 0. The average molecular weight is 437 g/mol. The summed E-state index contributed by atoms with van der Waals surface area (Å²) < 4.78 is 0. The number of amides is 2. The second-order valence-electron chi connectivity index (χ2n) is 7.40. The molecule has 2 amide bonds. The Bertz CT molecular complexity index is 1090. The number of carbonyl (C=O) groups excluding carboxylic acids is 2. The van der Waals surface area contributed by atoms with E-state index in [4.69, 9.17) is 0 Å². The van der Waals surface area contributed by atoms with Crippen molar-refractivity contribution in [2.75, 3.05) is 5.32 Å². The summed E-state index contributed by atoms with van der Waals surface area (Å²) in [5.74, 6) is -3.85. The molecule has 0 saturated carbocycles. The number of phenolic OH excluding ortho intramolecular Hbond substituents is 2. The number of nitrogens with zero attached hydrogens (tertiary/aromatic N) is 1. The molecule has 0 aromatic heterocycles. The van der Waals surface area contributed by atoms with Gasteiger partial charge < -0.3 is 20.6 Å². The fourth-order valence-corrected chi connectivity index (χ4v) is 3.37. The molecule has 1 aliphatic carbocycles. The van der Waals surface area contributed by atoms with Gasteiger partial charge in [0.2, 0.25) is 5.91 Å². The van der Waals surface area contributed by atoms with Crippen LogP contribution in [0.2, 0.25) is 0 Å². The summed E-state index contributed by atoms with van der Waals surface area (Å²) in [6, 6.07) is 10.3. The lowest BCUT2D eigenvalue weighted by molar-refractivity contribution is -0.146. The van der Waals surface area contributed by atoms with E-state index in [1.807, 2.05) is 6.08 Å². The van der Waals surface area contributed by atoms with Gasteiger partial charge in [-0.05, 0) is 55.7 Å². The first-order chi connectivity index (χ1) is 15.3. The zero-order valence-electron chi connectivity index (χ0n) is 17.3. The second-order valence-corrected chi connectivity index (χ2v) is 7.40. The molecule has 32 heavy (non-hydrogen) atoms. The van der Waals surface area contributed by atoms with E-state index in [1.165, 1.54) is 12.1 Å². The van der Waals surface area contributed by atoms with Gasteiger partial charge >= 0.3 is 5.97 Å². The van der Waals surface area contributed by atoms with Crippen molar-refractivity contribution in [2.45, 2.75) is 19.8 Å². The maximum atomic E-state index is 12.5. The van der Waals surface area contributed by atoms with Gasteiger partial charge in [-0.2, -0.15) is 5.10 Å². The predicted molar refractivity (Wildman–Crippen MR) is 118 cm³/mol. The molecule has 5 N–H and O–H groups in total. The second kappa shape index (κ2) is 9.78. The van der Waals surface area contributed by atoms with Crippen molar-refractivity contribution in [2.24, 2.45) is 16.9 Å². The lowest BCUT2D eigenvalue weighted by atomic mass is 9.82. The van der Waals surface area contributed by atoms with Crippen LogP contribution < -0.4 is 10.7 Å². The zero-order chi connectivity index (χ0) is 23.3.